The summed E-state index contributed by atoms with van der Waals surface area (Å²) in [6.07, 6.45) is 0. The summed E-state index contributed by atoms with van der Waals surface area (Å²) in [4.78, 5) is 13.2. The Bertz CT molecular complexity index is 1270. The minimum Gasteiger partial charge on any atom is -0.506 e. The Hall–Kier alpha value is -3.41. The Balaban J connectivity index is 2.23. The highest BCUT2D eigenvalue weighted by molar-refractivity contribution is 6.08. The van der Waals surface area contributed by atoms with E-state index in [1.165, 1.54) is 7.11 Å². The Labute approximate surface area is 154 Å². The Kier molecular flexibility index (Phi) is 3.84. The van der Waals surface area contributed by atoms with Gasteiger partial charge in [0.2, 0.25) is 5.43 Å². The highest BCUT2D eigenvalue weighted by atomic mass is 16.5. The molecule has 0 radical (unpaired) electrons. The molecule has 1 aromatic heterocycles. The maximum Gasteiger partial charge on any atom is 0.204 e. The number of hydrogen-bond donors (Lipinski definition) is 1. The minimum absolute atomic E-state index is 0.117. The van der Waals surface area contributed by atoms with Gasteiger partial charge in [0.1, 0.15) is 39.6 Å². The fourth-order valence-corrected chi connectivity index (χ4v) is 3.47. The second kappa shape index (κ2) is 6.09. The number of fused-ring (bicyclic) bond motifs is 3. The van der Waals surface area contributed by atoms with Gasteiger partial charge >= 0.3 is 0 Å². The molecule has 6 nitrogen and oxygen atoms in total. The van der Waals surface area contributed by atoms with Crippen LogP contribution in [-0.2, 0) is 0 Å². The molecule has 27 heavy (non-hydrogen) atoms. The van der Waals surface area contributed by atoms with Crippen molar-refractivity contribution in [2.75, 3.05) is 21.3 Å². The maximum absolute atomic E-state index is 13.2. The van der Waals surface area contributed by atoms with Crippen molar-refractivity contribution in [1.82, 2.24) is 0 Å². The molecule has 0 saturated carbocycles. The van der Waals surface area contributed by atoms with Gasteiger partial charge in [-0.1, -0.05) is 0 Å². The first kappa shape index (κ1) is 17.0. The molecular formula is C21H18O6. The highest BCUT2D eigenvalue weighted by Gasteiger charge is 2.19. The monoisotopic (exact) mass is 366 g/mol. The molecular weight excluding hydrogens is 348 g/mol. The molecule has 1 N–H and O–H groups in total. The predicted octanol–water partition coefficient (Wildman–Crippen LogP) is 4.14. The zero-order valence-corrected chi connectivity index (χ0v) is 15.4. The molecule has 6 heteroatoms. The number of ether oxygens (including phenoxy) is 3. The Morgan fingerprint density at radius 2 is 1.48 bits per heavy atom. The van der Waals surface area contributed by atoms with Crippen LogP contribution in [0.25, 0.3) is 32.7 Å². The van der Waals surface area contributed by atoms with Gasteiger partial charge in [-0.25, -0.2) is 0 Å². The summed E-state index contributed by atoms with van der Waals surface area (Å²) in [5.41, 5.74) is 1.09. The molecule has 0 aliphatic heterocycles. The van der Waals surface area contributed by atoms with Crippen molar-refractivity contribution in [3.05, 3.63) is 46.1 Å². The van der Waals surface area contributed by atoms with Crippen molar-refractivity contribution in [1.29, 1.82) is 0 Å². The van der Waals surface area contributed by atoms with Crippen molar-refractivity contribution >= 4 is 32.7 Å². The first-order valence-electron chi connectivity index (χ1n) is 8.31. The molecule has 1 heterocycles. The fourth-order valence-electron chi connectivity index (χ4n) is 3.47. The van der Waals surface area contributed by atoms with Gasteiger partial charge in [0, 0.05) is 12.1 Å². The largest absolute Gasteiger partial charge is 0.506 e. The van der Waals surface area contributed by atoms with Crippen LogP contribution in [0.1, 0.15) is 5.56 Å². The van der Waals surface area contributed by atoms with E-state index >= 15 is 0 Å². The van der Waals surface area contributed by atoms with Crippen LogP contribution in [-0.4, -0.2) is 26.4 Å². The summed E-state index contributed by atoms with van der Waals surface area (Å²) in [5, 5.41) is 12.5. The van der Waals surface area contributed by atoms with Gasteiger partial charge in [0.25, 0.3) is 0 Å². The van der Waals surface area contributed by atoms with Crippen LogP contribution in [0.4, 0.5) is 0 Å². The van der Waals surface area contributed by atoms with Gasteiger partial charge in [0.05, 0.1) is 32.1 Å². The van der Waals surface area contributed by atoms with E-state index in [2.05, 4.69) is 0 Å². The van der Waals surface area contributed by atoms with E-state index in [-0.39, 0.29) is 22.1 Å². The van der Waals surface area contributed by atoms with Gasteiger partial charge < -0.3 is 23.7 Å². The topological polar surface area (TPSA) is 78.1 Å². The average Bonchev–Trinajstić information content (AvgIpc) is 2.66. The normalized spacial score (nSPS) is 11.3. The third-order valence-corrected chi connectivity index (χ3v) is 4.75. The van der Waals surface area contributed by atoms with E-state index in [1.54, 1.807) is 51.5 Å². The number of benzene rings is 3. The molecule has 0 saturated heterocycles. The molecule has 0 unspecified atom stereocenters. The molecule has 0 spiro atoms. The molecule has 138 valence electrons. The van der Waals surface area contributed by atoms with Crippen LogP contribution in [0.2, 0.25) is 0 Å². The predicted molar refractivity (Wildman–Crippen MR) is 104 cm³/mol. The maximum atomic E-state index is 13.2. The first-order valence-corrected chi connectivity index (χ1v) is 8.31. The summed E-state index contributed by atoms with van der Waals surface area (Å²) >= 11 is 0. The minimum atomic E-state index is -0.302. The van der Waals surface area contributed by atoms with Crippen LogP contribution in [0, 0.1) is 6.92 Å². The Morgan fingerprint density at radius 3 is 2.15 bits per heavy atom. The van der Waals surface area contributed by atoms with E-state index < -0.39 is 0 Å². The lowest BCUT2D eigenvalue weighted by Gasteiger charge is -2.13. The number of aromatic hydroxyl groups is 1. The lowest BCUT2D eigenvalue weighted by atomic mass is 10.0. The average molecular weight is 366 g/mol. The molecule has 0 aliphatic carbocycles. The van der Waals surface area contributed by atoms with Gasteiger partial charge in [-0.05, 0) is 36.1 Å². The molecule has 0 atom stereocenters. The van der Waals surface area contributed by atoms with Crippen molar-refractivity contribution in [2.45, 2.75) is 6.92 Å². The summed E-state index contributed by atoms with van der Waals surface area (Å²) < 4.78 is 21.9. The van der Waals surface area contributed by atoms with Crippen LogP contribution in [0.15, 0.2) is 39.5 Å². The number of methoxy groups -OCH3 is 3. The zero-order valence-electron chi connectivity index (χ0n) is 15.4. The van der Waals surface area contributed by atoms with E-state index in [9.17, 15) is 9.90 Å². The van der Waals surface area contributed by atoms with Crippen molar-refractivity contribution in [3.8, 4) is 23.0 Å². The van der Waals surface area contributed by atoms with Gasteiger partial charge in [-0.2, -0.15) is 0 Å². The summed E-state index contributed by atoms with van der Waals surface area (Å²) in [5.74, 6) is 1.40. The molecule has 4 aromatic rings. The third kappa shape index (κ3) is 2.44. The lowest BCUT2D eigenvalue weighted by molar-refractivity contribution is 0.396. The zero-order chi connectivity index (χ0) is 19.3. The molecule has 0 bridgehead atoms. The Morgan fingerprint density at radius 1 is 0.815 bits per heavy atom. The summed E-state index contributed by atoms with van der Waals surface area (Å²) in [6, 6.07) is 8.53. The molecule has 0 amide bonds. The number of phenolic OH excluding ortho intramolecular Hbond substituents is 1. The second-order valence-corrected chi connectivity index (χ2v) is 6.27. The summed E-state index contributed by atoms with van der Waals surface area (Å²) in [7, 11) is 4.60. The van der Waals surface area contributed by atoms with E-state index in [1.807, 2.05) is 0 Å². The standard InChI is InChI=1S/C21H18O6/c1-10-5-12(24-2)9-16-17(10)20(22)19-15(27-16)7-11-6-13(25-3)8-14(26-4)18(11)21(19)23/h5-9,23H,1-4H3. The highest BCUT2D eigenvalue weighted by Crippen LogP contribution is 2.41. The lowest BCUT2D eigenvalue weighted by Crippen LogP contribution is -2.05. The van der Waals surface area contributed by atoms with Crippen LogP contribution >= 0.6 is 0 Å². The van der Waals surface area contributed by atoms with Crippen LogP contribution < -0.4 is 19.6 Å². The van der Waals surface area contributed by atoms with E-state index in [4.69, 9.17) is 18.6 Å². The summed E-state index contributed by atoms with van der Waals surface area (Å²) in [6.45, 7) is 1.80. The van der Waals surface area contributed by atoms with Gasteiger partial charge in [-0.3, -0.25) is 4.79 Å². The number of aryl methyl sites for hydroxylation is 1. The van der Waals surface area contributed by atoms with Crippen molar-refractivity contribution in [3.63, 3.8) is 0 Å². The SMILES string of the molecule is COc1cc(OC)c2c(O)c3c(=O)c4c(C)cc(OC)cc4oc3cc2c1. The van der Waals surface area contributed by atoms with Crippen LogP contribution in [0.3, 0.4) is 0 Å². The first-order chi connectivity index (χ1) is 13.0. The smallest absolute Gasteiger partial charge is 0.204 e. The number of hydrogen-bond acceptors (Lipinski definition) is 6. The quantitative estimate of drug-likeness (QED) is 0.549. The van der Waals surface area contributed by atoms with E-state index in [0.717, 1.165) is 0 Å². The van der Waals surface area contributed by atoms with Gasteiger partial charge in [0.15, 0.2) is 0 Å². The van der Waals surface area contributed by atoms with E-state index in [0.29, 0.717) is 44.6 Å². The number of rotatable bonds is 3. The van der Waals surface area contributed by atoms with Crippen LogP contribution in [0.5, 0.6) is 23.0 Å². The van der Waals surface area contributed by atoms with Gasteiger partial charge in [-0.15, -0.1) is 0 Å². The second-order valence-electron chi connectivity index (χ2n) is 6.27. The molecule has 0 aliphatic rings. The van der Waals surface area contributed by atoms with Crippen molar-refractivity contribution in [2.24, 2.45) is 0 Å². The third-order valence-electron chi connectivity index (χ3n) is 4.75. The van der Waals surface area contributed by atoms with Crippen molar-refractivity contribution < 1.29 is 23.7 Å². The molecule has 4 rings (SSSR count). The fraction of sp³-hybridized carbons (Fsp3) is 0.190. The number of phenols is 1. The molecule has 3 aromatic carbocycles. The molecule has 0 fully saturated rings.